The summed E-state index contributed by atoms with van der Waals surface area (Å²) in [4.78, 5) is 11.9. The van der Waals surface area contributed by atoms with Crippen molar-refractivity contribution in [2.75, 3.05) is 24.7 Å². The lowest BCUT2D eigenvalue weighted by Crippen LogP contribution is -2.10. The number of anilines is 2. The summed E-state index contributed by atoms with van der Waals surface area (Å²) in [7, 11) is 4.04. The molecule has 1 heterocycles. The van der Waals surface area contributed by atoms with Crippen LogP contribution < -0.4 is 10.6 Å². The Labute approximate surface area is 146 Å². The molecule has 25 heavy (non-hydrogen) atoms. The fourth-order valence-corrected chi connectivity index (χ4v) is 3.12. The minimum Gasteiger partial charge on any atom is -0.398 e. The Morgan fingerprint density at radius 1 is 0.840 bits per heavy atom. The number of nitrogens with zero attached hydrogens (tertiary/aromatic N) is 3. The molecule has 0 aliphatic carbocycles. The first-order valence-corrected chi connectivity index (χ1v) is 8.28. The van der Waals surface area contributed by atoms with Gasteiger partial charge in [0.15, 0.2) is 0 Å². The van der Waals surface area contributed by atoms with E-state index >= 15 is 0 Å². The Morgan fingerprint density at radius 3 is 2.24 bits per heavy atom. The number of nitrogen functional groups attached to an aromatic ring is 1. The van der Waals surface area contributed by atoms with Crippen molar-refractivity contribution in [2.45, 2.75) is 6.92 Å². The second-order valence-corrected chi connectivity index (χ2v) is 6.51. The fourth-order valence-electron chi connectivity index (χ4n) is 3.12. The summed E-state index contributed by atoms with van der Waals surface area (Å²) in [5.41, 5.74) is 14.6. The van der Waals surface area contributed by atoms with Gasteiger partial charge in [0.1, 0.15) is 5.52 Å². The third kappa shape index (κ3) is 2.56. The molecule has 3 aromatic carbocycles. The van der Waals surface area contributed by atoms with E-state index in [1.54, 1.807) is 0 Å². The van der Waals surface area contributed by atoms with E-state index in [0.717, 1.165) is 50.1 Å². The standard InChI is InChI=1S/C21H20N4/c1-13-11-17-18(12-16(13)22)24-21-19(25(2)3)10-9-15(20(21)23-17)14-7-5-4-6-8-14/h4-12H,22H2,1-3H3. The highest BCUT2D eigenvalue weighted by Crippen LogP contribution is 2.34. The molecule has 4 aromatic rings. The van der Waals surface area contributed by atoms with Gasteiger partial charge in [0.2, 0.25) is 0 Å². The monoisotopic (exact) mass is 328 g/mol. The molecule has 0 atom stereocenters. The molecular weight excluding hydrogens is 308 g/mol. The molecule has 4 nitrogen and oxygen atoms in total. The predicted molar refractivity (Wildman–Crippen MR) is 106 cm³/mol. The van der Waals surface area contributed by atoms with Crippen LogP contribution in [0, 0.1) is 6.92 Å². The van der Waals surface area contributed by atoms with E-state index in [0.29, 0.717) is 0 Å². The number of rotatable bonds is 2. The van der Waals surface area contributed by atoms with Crippen molar-refractivity contribution in [1.29, 1.82) is 0 Å². The first kappa shape index (κ1) is 15.4. The zero-order chi connectivity index (χ0) is 17.6. The largest absolute Gasteiger partial charge is 0.398 e. The second-order valence-electron chi connectivity index (χ2n) is 6.51. The number of nitrogens with two attached hydrogens (primary N) is 1. The molecule has 4 heteroatoms. The average Bonchev–Trinajstić information content (AvgIpc) is 2.61. The average molecular weight is 328 g/mol. The molecule has 0 saturated carbocycles. The van der Waals surface area contributed by atoms with Crippen LogP contribution in [0.4, 0.5) is 11.4 Å². The highest BCUT2D eigenvalue weighted by molar-refractivity contribution is 6.02. The topological polar surface area (TPSA) is 55.0 Å². The van der Waals surface area contributed by atoms with Crippen LogP contribution in [0.25, 0.3) is 33.2 Å². The molecule has 0 radical (unpaired) electrons. The van der Waals surface area contributed by atoms with Crippen LogP contribution in [0.3, 0.4) is 0 Å². The molecule has 124 valence electrons. The Balaban J connectivity index is 2.13. The van der Waals surface area contributed by atoms with Crippen LogP contribution >= 0.6 is 0 Å². The quantitative estimate of drug-likeness (QED) is 0.437. The minimum atomic E-state index is 0.742. The lowest BCUT2D eigenvalue weighted by molar-refractivity contribution is 1.13. The molecule has 0 spiro atoms. The van der Waals surface area contributed by atoms with E-state index in [4.69, 9.17) is 15.7 Å². The van der Waals surface area contributed by atoms with Crippen LogP contribution in [0.1, 0.15) is 5.56 Å². The zero-order valence-electron chi connectivity index (χ0n) is 14.6. The lowest BCUT2D eigenvalue weighted by atomic mass is 10.0. The summed E-state index contributed by atoms with van der Waals surface area (Å²) in [6.07, 6.45) is 0. The number of aryl methyl sites for hydroxylation is 1. The van der Waals surface area contributed by atoms with Gasteiger partial charge in [-0.15, -0.1) is 0 Å². The van der Waals surface area contributed by atoms with E-state index < -0.39 is 0 Å². The van der Waals surface area contributed by atoms with Gasteiger partial charge in [-0.25, -0.2) is 9.97 Å². The molecule has 2 N–H and O–H groups in total. The van der Waals surface area contributed by atoms with Gasteiger partial charge in [-0.2, -0.15) is 0 Å². The van der Waals surface area contributed by atoms with Gasteiger partial charge < -0.3 is 10.6 Å². The number of hydrogen-bond donors (Lipinski definition) is 1. The molecule has 0 amide bonds. The van der Waals surface area contributed by atoms with Crippen molar-refractivity contribution in [3.8, 4) is 11.1 Å². The van der Waals surface area contributed by atoms with E-state index in [9.17, 15) is 0 Å². The smallest absolute Gasteiger partial charge is 0.113 e. The van der Waals surface area contributed by atoms with E-state index in [2.05, 4.69) is 29.2 Å². The van der Waals surface area contributed by atoms with Gasteiger partial charge in [0.05, 0.1) is 22.2 Å². The van der Waals surface area contributed by atoms with Crippen molar-refractivity contribution in [3.63, 3.8) is 0 Å². The second kappa shape index (κ2) is 5.74. The van der Waals surface area contributed by atoms with Crippen molar-refractivity contribution in [3.05, 3.63) is 60.2 Å². The highest BCUT2D eigenvalue weighted by Gasteiger charge is 2.14. The summed E-state index contributed by atoms with van der Waals surface area (Å²) in [5.74, 6) is 0. The summed E-state index contributed by atoms with van der Waals surface area (Å²) >= 11 is 0. The maximum absolute atomic E-state index is 6.07. The summed E-state index contributed by atoms with van der Waals surface area (Å²) in [6, 6.07) is 18.4. The van der Waals surface area contributed by atoms with Crippen LogP contribution in [0.2, 0.25) is 0 Å². The molecule has 1 aromatic heterocycles. The Bertz CT molecular complexity index is 1090. The van der Waals surface area contributed by atoms with Crippen molar-refractivity contribution < 1.29 is 0 Å². The number of hydrogen-bond acceptors (Lipinski definition) is 4. The summed E-state index contributed by atoms with van der Waals surface area (Å²) < 4.78 is 0. The lowest BCUT2D eigenvalue weighted by Gasteiger charge is -2.17. The summed E-state index contributed by atoms with van der Waals surface area (Å²) in [6.45, 7) is 2.00. The van der Waals surface area contributed by atoms with Gasteiger partial charge in [0, 0.05) is 25.3 Å². The highest BCUT2D eigenvalue weighted by atomic mass is 15.1. The Hall–Kier alpha value is -3.14. The van der Waals surface area contributed by atoms with Crippen molar-refractivity contribution in [2.24, 2.45) is 0 Å². The molecule has 0 bridgehead atoms. The van der Waals surface area contributed by atoms with Crippen LogP contribution in [-0.4, -0.2) is 24.1 Å². The minimum absolute atomic E-state index is 0.742. The Morgan fingerprint density at radius 2 is 1.52 bits per heavy atom. The molecule has 4 rings (SSSR count). The maximum Gasteiger partial charge on any atom is 0.113 e. The van der Waals surface area contributed by atoms with Crippen molar-refractivity contribution >= 4 is 33.4 Å². The van der Waals surface area contributed by atoms with Crippen LogP contribution in [0.5, 0.6) is 0 Å². The molecule has 0 fully saturated rings. The molecule has 0 aliphatic rings. The number of benzene rings is 3. The number of aromatic nitrogens is 2. The van der Waals surface area contributed by atoms with E-state index in [1.165, 1.54) is 0 Å². The SMILES string of the molecule is Cc1cc2nc3c(-c4ccccc4)ccc(N(C)C)c3nc2cc1N. The van der Waals surface area contributed by atoms with Gasteiger partial charge in [-0.05, 0) is 42.3 Å². The summed E-state index contributed by atoms with van der Waals surface area (Å²) in [5, 5.41) is 0. The molecule has 0 aliphatic heterocycles. The van der Waals surface area contributed by atoms with Crippen molar-refractivity contribution in [1.82, 2.24) is 9.97 Å². The first-order chi connectivity index (χ1) is 12.0. The van der Waals surface area contributed by atoms with Crippen LogP contribution in [-0.2, 0) is 0 Å². The normalized spacial score (nSPS) is 11.2. The van der Waals surface area contributed by atoms with Gasteiger partial charge >= 0.3 is 0 Å². The fraction of sp³-hybridized carbons (Fsp3) is 0.143. The molecule has 0 saturated heterocycles. The van der Waals surface area contributed by atoms with E-state index in [-0.39, 0.29) is 0 Å². The van der Waals surface area contributed by atoms with Gasteiger partial charge in [0.25, 0.3) is 0 Å². The van der Waals surface area contributed by atoms with Crippen LogP contribution in [0.15, 0.2) is 54.6 Å². The van der Waals surface area contributed by atoms with E-state index in [1.807, 2.05) is 51.4 Å². The Kier molecular flexibility index (Phi) is 3.53. The molecule has 0 unspecified atom stereocenters. The predicted octanol–water partition coefficient (Wildman–Crippen LogP) is 4.41. The molecular formula is C21H20N4. The number of fused-ring (bicyclic) bond motifs is 2. The van der Waals surface area contributed by atoms with Gasteiger partial charge in [-0.1, -0.05) is 30.3 Å². The van der Waals surface area contributed by atoms with Gasteiger partial charge in [-0.3, -0.25) is 0 Å². The maximum atomic E-state index is 6.07. The third-order valence-electron chi connectivity index (χ3n) is 4.52. The third-order valence-corrected chi connectivity index (χ3v) is 4.52. The first-order valence-electron chi connectivity index (χ1n) is 8.28. The zero-order valence-corrected chi connectivity index (χ0v) is 14.6.